The van der Waals surface area contributed by atoms with Crippen LogP contribution in [0, 0.1) is 41.4 Å². The first-order valence-electron chi connectivity index (χ1n) is 8.73. The summed E-state index contributed by atoms with van der Waals surface area (Å²) >= 11 is 0. The lowest BCUT2D eigenvalue weighted by Gasteiger charge is -2.52. The van der Waals surface area contributed by atoms with E-state index in [1.807, 2.05) is 0 Å². The third-order valence-electron chi connectivity index (χ3n) is 7.10. The molecule has 5 saturated carbocycles. The van der Waals surface area contributed by atoms with Crippen LogP contribution in [0.2, 0.25) is 0 Å². The fourth-order valence-corrected chi connectivity index (χ4v) is 6.20. The van der Waals surface area contributed by atoms with E-state index in [0.717, 1.165) is 41.9 Å². The van der Waals surface area contributed by atoms with Gasteiger partial charge in [-0.05, 0) is 80.5 Å². The van der Waals surface area contributed by atoms with E-state index in [4.69, 9.17) is 0 Å². The van der Waals surface area contributed by atoms with Crippen LogP contribution in [0.5, 0.6) is 0 Å². The van der Waals surface area contributed by atoms with Crippen molar-refractivity contribution in [2.45, 2.75) is 64.7 Å². The molecule has 0 aromatic rings. The third kappa shape index (κ3) is 2.08. The number of hydrogen-bond donors (Lipinski definition) is 0. The molecule has 0 amide bonds. The van der Waals surface area contributed by atoms with Crippen molar-refractivity contribution in [3.05, 3.63) is 0 Å². The Morgan fingerprint density at radius 2 is 1.74 bits per heavy atom. The van der Waals surface area contributed by atoms with Crippen LogP contribution < -0.4 is 0 Å². The summed E-state index contributed by atoms with van der Waals surface area (Å²) in [6, 6.07) is 0. The van der Waals surface area contributed by atoms with Crippen molar-refractivity contribution < 1.29 is 4.79 Å². The highest BCUT2D eigenvalue weighted by atomic mass is 16.1. The summed E-state index contributed by atoms with van der Waals surface area (Å²) in [5, 5.41) is 0. The zero-order chi connectivity index (χ0) is 13.0. The van der Waals surface area contributed by atoms with Crippen LogP contribution in [0.1, 0.15) is 64.7 Å². The van der Waals surface area contributed by atoms with Crippen LogP contribution in [0.15, 0.2) is 0 Å². The Morgan fingerprint density at radius 3 is 2.37 bits per heavy atom. The van der Waals surface area contributed by atoms with Crippen molar-refractivity contribution in [3.8, 4) is 0 Å². The Hall–Kier alpha value is -0.330. The standard InChI is InChI=1S/C18H28O/c1-11-6-14-10-15(7-11)16(14)4-5-18(19)17-9-12-2-3-13(17)8-12/h11-17H,2-10H2,1H3. The Bertz CT molecular complexity index is 362. The normalized spacial score (nSPS) is 51.1. The van der Waals surface area contributed by atoms with Crippen molar-refractivity contribution in [1.82, 2.24) is 0 Å². The van der Waals surface area contributed by atoms with Crippen LogP contribution in [0.3, 0.4) is 0 Å². The Morgan fingerprint density at radius 1 is 0.947 bits per heavy atom. The molecule has 0 heterocycles. The largest absolute Gasteiger partial charge is 0.299 e. The van der Waals surface area contributed by atoms with E-state index >= 15 is 0 Å². The number of carbonyl (C=O) groups excluding carboxylic acids is 1. The van der Waals surface area contributed by atoms with Gasteiger partial charge in [0.1, 0.15) is 5.78 Å². The zero-order valence-corrected chi connectivity index (χ0v) is 12.3. The molecule has 19 heavy (non-hydrogen) atoms. The van der Waals surface area contributed by atoms with Gasteiger partial charge in [-0.3, -0.25) is 4.79 Å². The lowest BCUT2D eigenvalue weighted by Crippen LogP contribution is -2.43. The number of Topliss-reactive ketones (excluding diaryl/α,β-unsaturated/α-hetero) is 1. The van der Waals surface area contributed by atoms with Crippen molar-refractivity contribution in [3.63, 3.8) is 0 Å². The lowest BCUT2D eigenvalue weighted by molar-refractivity contribution is -0.125. The summed E-state index contributed by atoms with van der Waals surface area (Å²) in [5.74, 6) is 6.70. The summed E-state index contributed by atoms with van der Waals surface area (Å²) in [6.45, 7) is 2.41. The number of rotatable bonds is 4. The lowest BCUT2D eigenvalue weighted by atomic mass is 9.53. The molecule has 0 aromatic heterocycles. The quantitative estimate of drug-likeness (QED) is 0.729. The molecule has 4 bridgehead atoms. The van der Waals surface area contributed by atoms with Crippen LogP contribution in [-0.2, 0) is 4.79 Å². The zero-order valence-electron chi connectivity index (χ0n) is 12.3. The van der Waals surface area contributed by atoms with Gasteiger partial charge < -0.3 is 0 Å². The molecule has 5 aliphatic carbocycles. The summed E-state index contributed by atoms with van der Waals surface area (Å²) in [5.41, 5.74) is 0. The number of ketones is 1. The number of hydrogen-bond acceptors (Lipinski definition) is 1. The summed E-state index contributed by atoms with van der Waals surface area (Å²) in [7, 11) is 0. The van der Waals surface area contributed by atoms with Gasteiger partial charge in [-0.25, -0.2) is 0 Å². The van der Waals surface area contributed by atoms with Crippen LogP contribution in [0.25, 0.3) is 0 Å². The predicted octanol–water partition coefficient (Wildman–Crippen LogP) is 4.45. The molecule has 5 aliphatic rings. The van der Waals surface area contributed by atoms with E-state index in [1.54, 1.807) is 0 Å². The van der Waals surface area contributed by atoms with Gasteiger partial charge in [0, 0.05) is 12.3 Å². The predicted molar refractivity (Wildman–Crippen MR) is 76.7 cm³/mol. The Balaban J connectivity index is 1.28. The van der Waals surface area contributed by atoms with Gasteiger partial charge in [-0.1, -0.05) is 13.3 Å². The average molecular weight is 260 g/mol. The minimum atomic E-state index is 0.484. The van der Waals surface area contributed by atoms with Crippen molar-refractivity contribution in [1.29, 1.82) is 0 Å². The van der Waals surface area contributed by atoms with E-state index in [0.29, 0.717) is 11.7 Å². The molecule has 0 aliphatic heterocycles. The smallest absolute Gasteiger partial charge is 0.136 e. The molecular formula is C18H28O. The molecule has 1 nitrogen and oxygen atoms in total. The van der Waals surface area contributed by atoms with Gasteiger partial charge in [-0.2, -0.15) is 0 Å². The number of carbonyl (C=O) groups is 1. The first-order valence-corrected chi connectivity index (χ1v) is 8.73. The van der Waals surface area contributed by atoms with E-state index in [-0.39, 0.29) is 0 Å². The van der Waals surface area contributed by atoms with Crippen molar-refractivity contribution in [2.24, 2.45) is 41.4 Å². The fraction of sp³-hybridized carbons (Fsp3) is 0.944. The van der Waals surface area contributed by atoms with E-state index < -0.39 is 0 Å². The Kier molecular flexibility index (Phi) is 3.01. The molecule has 106 valence electrons. The molecule has 0 N–H and O–H groups in total. The highest BCUT2D eigenvalue weighted by Crippen LogP contribution is 2.55. The second-order valence-corrected chi connectivity index (χ2v) is 8.28. The minimum Gasteiger partial charge on any atom is -0.299 e. The summed E-state index contributed by atoms with van der Waals surface area (Å²) < 4.78 is 0. The highest BCUT2D eigenvalue weighted by molar-refractivity contribution is 5.81. The first kappa shape index (κ1) is 12.4. The molecule has 0 spiro atoms. The monoisotopic (exact) mass is 260 g/mol. The van der Waals surface area contributed by atoms with Gasteiger partial charge in [0.05, 0.1) is 0 Å². The maximum absolute atomic E-state index is 12.5. The molecule has 0 radical (unpaired) electrons. The van der Waals surface area contributed by atoms with Crippen LogP contribution >= 0.6 is 0 Å². The number of fused-ring (bicyclic) bond motifs is 4. The van der Waals surface area contributed by atoms with E-state index in [1.165, 1.54) is 51.4 Å². The second kappa shape index (κ2) is 4.60. The summed E-state index contributed by atoms with van der Waals surface area (Å²) in [4.78, 5) is 12.5. The first-order chi connectivity index (χ1) is 9.20. The van der Waals surface area contributed by atoms with E-state index in [2.05, 4.69) is 6.92 Å². The van der Waals surface area contributed by atoms with Crippen molar-refractivity contribution >= 4 is 5.78 Å². The van der Waals surface area contributed by atoms with Gasteiger partial charge >= 0.3 is 0 Å². The third-order valence-corrected chi connectivity index (χ3v) is 7.10. The van der Waals surface area contributed by atoms with Crippen LogP contribution in [0.4, 0.5) is 0 Å². The SMILES string of the molecule is CC1CC2CC(C1)C2CCC(=O)C1CC2CCC1C2. The molecule has 5 rings (SSSR count). The summed E-state index contributed by atoms with van der Waals surface area (Å²) in [6.07, 6.45) is 11.9. The molecular weight excluding hydrogens is 232 g/mol. The van der Waals surface area contributed by atoms with Gasteiger partial charge in [-0.15, -0.1) is 0 Å². The Labute approximate surface area is 117 Å². The van der Waals surface area contributed by atoms with Gasteiger partial charge in [0.15, 0.2) is 0 Å². The maximum atomic E-state index is 12.5. The highest BCUT2D eigenvalue weighted by Gasteiger charge is 2.46. The molecule has 0 aromatic carbocycles. The molecule has 5 fully saturated rings. The van der Waals surface area contributed by atoms with Crippen molar-refractivity contribution in [2.75, 3.05) is 0 Å². The van der Waals surface area contributed by atoms with E-state index in [9.17, 15) is 4.79 Å². The van der Waals surface area contributed by atoms with Crippen LogP contribution in [-0.4, -0.2) is 5.78 Å². The fourth-order valence-electron chi connectivity index (χ4n) is 6.20. The molecule has 1 heteroatoms. The topological polar surface area (TPSA) is 17.1 Å². The molecule has 5 unspecified atom stereocenters. The van der Waals surface area contributed by atoms with Gasteiger partial charge in [0.2, 0.25) is 0 Å². The average Bonchev–Trinajstić information content (AvgIpc) is 3.00. The molecule has 0 saturated heterocycles. The minimum absolute atomic E-state index is 0.484. The molecule has 5 atom stereocenters. The van der Waals surface area contributed by atoms with Gasteiger partial charge in [0.25, 0.3) is 0 Å². The maximum Gasteiger partial charge on any atom is 0.136 e. The second-order valence-electron chi connectivity index (χ2n) is 8.28.